The van der Waals surface area contributed by atoms with Crippen LogP contribution in [-0.2, 0) is 9.53 Å². The molecule has 0 bridgehead atoms. The fraction of sp³-hybridized carbons (Fsp3) is 0.923. The third kappa shape index (κ3) is 3.22. The van der Waals surface area contributed by atoms with Crippen molar-refractivity contribution in [1.82, 2.24) is 15.1 Å². The largest absolute Gasteiger partial charge is 0.372 e. The molecule has 0 saturated carbocycles. The molecule has 2 rings (SSSR count). The van der Waals surface area contributed by atoms with Gasteiger partial charge in [0.05, 0.1) is 18.8 Å². The SMILES string of the molecule is CCN(CC(=O)N1CC(C)OC(C)C1)C1CNC1. The predicted molar refractivity (Wildman–Crippen MR) is 70.5 cm³/mol. The summed E-state index contributed by atoms with van der Waals surface area (Å²) < 4.78 is 5.66. The summed E-state index contributed by atoms with van der Waals surface area (Å²) in [5, 5.41) is 3.26. The van der Waals surface area contributed by atoms with Gasteiger partial charge in [0, 0.05) is 32.2 Å². The molecule has 0 aromatic carbocycles. The molecular formula is C13H25N3O2. The zero-order chi connectivity index (χ0) is 13.1. The van der Waals surface area contributed by atoms with Crippen LogP contribution in [0.1, 0.15) is 20.8 Å². The summed E-state index contributed by atoms with van der Waals surface area (Å²) >= 11 is 0. The number of hydrogen-bond donors (Lipinski definition) is 1. The van der Waals surface area contributed by atoms with Crippen LogP contribution in [-0.4, -0.2) is 73.2 Å². The molecule has 2 aliphatic rings. The van der Waals surface area contributed by atoms with Gasteiger partial charge in [0.1, 0.15) is 0 Å². The van der Waals surface area contributed by atoms with E-state index in [4.69, 9.17) is 4.74 Å². The lowest BCUT2D eigenvalue weighted by molar-refractivity contribution is -0.145. The van der Waals surface area contributed by atoms with Crippen LogP contribution in [0.5, 0.6) is 0 Å². The molecule has 2 saturated heterocycles. The van der Waals surface area contributed by atoms with Crippen LogP contribution in [0, 0.1) is 0 Å². The number of nitrogens with one attached hydrogen (secondary N) is 1. The van der Waals surface area contributed by atoms with Gasteiger partial charge < -0.3 is 15.0 Å². The van der Waals surface area contributed by atoms with Gasteiger partial charge in [-0.15, -0.1) is 0 Å². The maximum atomic E-state index is 12.3. The van der Waals surface area contributed by atoms with E-state index in [1.54, 1.807) is 0 Å². The number of rotatable bonds is 4. The van der Waals surface area contributed by atoms with Crippen LogP contribution in [0.2, 0.25) is 0 Å². The number of carbonyl (C=O) groups excluding carboxylic acids is 1. The van der Waals surface area contributed by atoms with Crippen molar-refractivity contribution in [2.45, 2.75) is 39.0 Å². The molecule has 0 aromatic rings. The van der Waals surface area contributed by atoms with E-state index in [2.05, 4.69) is 17.1 Å². The molecule has 1 N–H and O–H groups in total. The van der Waals surface area contributed by atoms with E-state index in [1.807, 2.05) is 18.7 Å². The summed E-state index contributed by atoms with van der Waals surface area (Å²) in [5.41, 5.74) is 0. The van der Waals surface area contributed by atoms with Gasteiger partial charge in [0.15, 0.2) is 0 Å². The van der Waals surface area contributed by atoms with Crippen molar-refractivity contribution in [1.29, 1.82) is 0 Å². The van der Waals surface area contributed by atoms with E-state index in [1.165, 1.54) is 0 Å². The van der Waals surface area contributed by atoms with E-state index < -0.39 is 0 Å². The minimum absolute atomic E-state index is 0.151. The number of ether oxygens (including phenoxy) is 1. The molecule has 2 aliphatic heterocycles. The van der Waals surface area contributed by atoms with Crippen molar-refractivity contribution in [2.75, 3.05) is 39.3 Å². The predicted octanol–water partition coefficient (Wildman–Crippen LogP) is -0.0841. The Balaban J connectivity index is 1.85. The lowest BCUT2D eigenvalue weighted by Crippen LogP contribution is -2.60. The second kappa shape index (κ2) is 5.99. The van der Waals surface area contributed by atoms with E-state index in [-0.39, 0.29) is 18.1 Å². The van der Waals surface area contributed by atoms with Gasteiger partial charge in [-0.2, -0.15) is 0 Å². The van der Waals surface area contributed by atoms with Gasteiger partial charge in [-0.05, 0) is 20.4 Å². The molecule has 0 radical (unpaired) electrons. The lowest BCUT2D eigenvalue weighted by Gasteiger charge is -2.40. The van der Waals surface area contributed by atoms with Crippen LogP contribution >= 0.6 is 0 Å². The molecule has 0 spiro atoms. The minimum atomic E-state index is 0.151. The van der Waals surface area contributed by atoms with E-state index in [9.17, 15) is 4.79 Å². The fourth-order valence-corrected chi connectivity index (χ4v) is 2.69. The molecule has 18 heavy (non-hydrogen) atoms. The van der Waals surface area contributed by atoms with Crippen molar-refractivity contribution in [3.05, 3.63) is 0 Å². The number of hydrogen-bond acceptors (Lipinski definition) is 4. The average Bonchev–Trinajstić information content (AvgIpc) is 2.24. The maximum Gasteiger partial charge on any atom is 0.236 e. The number of likely N-dealkylation sites (N-methyl/N-ethyl adjacent to an activating group) is 1. The second-order valence-corrected chi connectivity index (χ2v) is 5.43. The first-order valence-electron chi connectivity index (χ1n) is 6.98. The van der Waals surface area contributed by atoms with Crippen LogP contribution in [0.3, 0.4) is 0 Å². The van der Waals surface area contributed by atoms with Gasteiger partial charge in [-0.25, -0.2) is 0 Å². The summed E-state index contributed by atoms with van der Waals surface area (Å²) in [5.74, 6) is 0.241. The Morgan fingerprint density at radius 1 is 1.33 bits per heavy atom. The first kappa shape index (κ1) is 13.8. The quantitative estimate of drug-likeness (QED) is 0.763. The Hall–Kier alpha value is -0.650. The number of morpholine rings is 1. The first-order valence-corrected chi connectivity index (χ1v) is 6.98. The summed E-state index contributed by atoms with van der Waals surface area (Å²) in [6, 6.07) is 0.537. The van der Waals surface area contributed by atoms with E-state index in [0.717, 1.165) is 32.7 Å². The molecule has 2 heterocycles. The van der Waals surface area contributed by atoms with Gasteiger partial charge in [0.25, 0.3) is 0 Å². The Bertz CT molecular complexity index is 284. The Kier molecular flexibility index (Phi) is 4.59. The molecule has 2 unspecified atom stereocenters. The van der Waals surface area contributed by atoms with Crippen LogP contribution in [0.4, 0.5) is 0 Å². The van der Waals surface area contributed by atoms with Crippen LogP contribution < -0.4 is 5.32 Å². The normalized spacial score (nSPS) is 29.4. The highest BCUT2D eigenvalue weighted by Crippen LogP contribution is 2.12. The Labute approximate surface area is 109 Å². The highest BCUT2D eigenvalue weighted by Gasteiger charge is 2.29. The molecule has 5 nitrogen and oxygen atoms in total. The second-order valence-electron chi connectivity index (χ2n) is 5.43. The van der Waals surface area contributed by atoms with Crippen LogP contribution in [0.25, 0.3) is 0 Å². The van der Waals surface area contributed by atoms with Gasteiger partial charge >= 0.3 is 0 Å². The monoisotopic (exact) mass is 255 g/mol. The molecule has 2 fully saturated rings. The lowest BCUT2D eigenvalue weighted by atomic mass is 10.1. The van der Waals surface area contributed by atoms with Crippen molar-refractivity contribution in [2.24, 2.45) is 0 Å². The fourth-order valence-electron chi connectivity index (χ4n) is 2.69. The van der Waals surface area contributed by atoms with Gasteiger partial charge in [-0.1, -0.05) is 6.92 Å². The van der Waals surface area contributed by atoms with Gasteiger partial charge in [-0.3, -0.25) is 9.69 Å². The zero-order valence-corrected chi connectivity index (χ0v) is 11.7. The topological polar surface area (TPSA) is 44.8 Å². The zero-order valence-electron chi connectivity index (χ0n) is 11.7. The van der Waals surface area contributed by atoms with E-state index in [0.29, 0.717) is 12.6 Å². The third-order valence-electron chi connectivity index (χ3n) is 3.79. The summed E-state index contributed by atoms with van der Waals surface area (Å²) in [6.45, 7) is 11.1. The summed E-state index contributed by atoms with van der Waals surface area (Å²) in [6.07, 6.45) is 0.302. The van der Waals surface area contributed by atoms with E-state index >= 15 is 0 Å². The molecule has 0 aromatic heterocycles. The van der Waals surface area contributed by atoms with Crippen molar-refractivity contribution >= 4 is 5.91 Å². The maximum absolute atomic E-state index is 12.3. The first-order chi connectivity index (χ1) is 8.60. The highest BCUT2D eigenvalue weighted by atomic mass is 16.5. The molecule has 104 valence electrons. The highest BCUT2D eigenvalue weighted by molar-refractivity contribution is 5.78. The number of carbonyl (C=O) groups is 1. The number of amides is 1. The molecule has 0 aliphatic carbocycles. The average molecular weight is 255 g/mol. The molecule has 2 atom stereocenters. The minimum Gasteiger partial charge on any atom is -0.372 e. The van der Waals surface area contributed by atoms with Crippen molar-refractivity contribution in [3.8, 4) is 0 Å². The summed E-state index contributed by atoms with van der Waals surface area (Å²) in [4.78, 5) is 16.5. The summed E-state index contributed by atoms with van der Waals surface area (Å²) in [7, 11) is 0. The van der Waals surface area contributed by atoms with Crippen molar-refractivity contribution < 1.29 is 9.53 Å². The van der Waals surface area contributed by atoms with Crippen LogP contribution in [0.15, 0.2) is 0 Å². The number of nitrogens with zero attached hydrogens (tertiary/aromatic N) is 2. The molecule has 1 amide bonds. The van der Waals surface area contributed by atoms with Gasteiger partial charge in [0.2, 0.25) is 5.91 Å². The van der Waals surface area contributed by atoms with Crippen molar-refractivity contribution in [3.63, 3.8) is 0 Å². The Morgan fingerprint density at radius 2 is 1.94 bits per heavy atom. The third-order valence-corrected chi connectivity index (χ3v) is 3.79. The molecular weight excluding hydrogens is 230 g/mol. The molecule has 5 heteroatoms. The Morgan fingerprint density at radius 3 is 2.39 bits per heavy atom. The standard InChI is InChI=1S/C13H25N3O2/c1-4-15(12-5-14-6-12)9-13(17)16-7-10(2)18-11(3)8-16/h10-12,14H,4-9H2,1-3H3. The smallest absolute Gasteiger partial charge is 0.236 e.